The van der Waals surface area contributed by atoms with Gasteiger partial charge >= 0.3 is 0 Å². The number of piperazine rings is 1. The highest BCUT2D eigenvalue weighted by atomic mass is 16.1. The molecule has 0 saturated carbocycles. The molecule has 1 aliphatic rings. The summed E-state index contributed by atoms with van der Waals surface area (Å²) in [5.74, 6) is 0.899. The van der Waals surface area contributed by atoms with Crippen LogP contribution in [0.4, 0.5) is 11.5 Å². The maximum Gasteiger partial charge on any atom is 0.155 e. The molecule has 5 heteroatoms. The van der Waals surface area contributed by atoms with Crippen LogP contribution in [0.15, 0.2) is 60.7 Å². The van der Waals surface area contributed by atoms with Crippen LogP contribution in [0.3, 0.4) is 0 Å². The van der Waals surface area contributed by atoms with Crippen molar-refractivity contribution < 1.29 is 4.79 Å². The molecule has 0 spiro atoms. The minimum Gasteiger partial charge on any atom is -0.368 e. The number of aromatic nitrogens is 2. The summed E-state index contributed by atoms with van der Waals surface area (Å²) in [4.78, 5) is 16.4. The number of para-hydroxylation sites is 2. The fourth-order valence-corrected chi connectivity index (χ4v) is 3.53. The van der Waals surface area contributed by atoms with Crippen molar-refractivity contribution in [3.8, 4) is 5.69 Å². The number of nitrogens with zero attached hydrogens (tertiary/aromatic N) is 4. The van der Waals surface area contributed by atoms with Crippen LogP contribution in [0, 0.1) is 6.92 Å². The number of hydrogen-bond donors (Lipinski definition) is 0. The highest BCUT2D eigenvalue weighted by molar-refractivity contribution is 5.85. The summed E-state index contributed by atoms with van der Waals surface area (Å²) >= 11 is 0. The lowest BCUT2D eigenvalue weighted by Gasteiger charge is -2.37. The van der Waals surface area contributed by atoms with Crippen LogP contribution in [0.5, 0.6) is 0 Å². The van der Waals surface area contributed by atoms with E-state index in [1.165, 1.54) is 5.69 Å². The van der Waals surface area contributed by atoms with E-state index in [9.17, 15) is 4.79 Å². The largest absolute Gasteiger partial charge is 0.368 e. The van der Waals surface area contributed by atoms with Gasteiger partial charge in [-0.05, 0) is 31.2 Å². The Morgan fingerprint density at radius 2 is 1.35 bits per heavy atom. The minimum absolute atomic E-state index is 0.682. The summed E-state index contributed by atoms with van der Waals surface area (Å²) < 4.78 is 1.90. The molecule has 0 aliphatic carbocycles. The number of benzene rings is 2. The van der Waals surface area contributed by atoms with Crippen molar-refractivity contribution in [1.29, 1.82) is 0 Å². The van der Waals surface area contributed by atoms with Gasteiger partial charge in [0.1, 0.15) is 5.82 Å². The van der Waals surface area contributed by atoms with Crippen molar-refractivity contribution in [3.63, 3.8) is 0 Å². The van der Waals surface area contributed by atoms with Crippen molar-refractivity contribution in [2.75, 3.05) is 36.0 Å². The molecule has 1 saturated heterocycles. The van der Waals surface area contributed by atoms with Gasteiger partial charge in [-0.2, -0.15) is 5.10 Å². The summed E-state index contributed by atoms with van der Waals surface area (Å²) in [5, 5.41) is 4.63. The van der Waals surface area contributed by atoms with Crippen LogP contribution in [0.1, 0.15) is 16.1 Å². The Kier molecular flexibility index (Phi) is 4.44. The molecule has 1 aliphatic heterocycles. The molecule has 0 bridgehead atoms. The summed E-state index contributed by atoms with van der Waals surface area (Å²) in [7, 11) is 0. The first-order valence-corrected chi connectivity index (χ1v) is 8.93. The quantitative estimate of drug-likeness (QED) is 0.680. The normalized spacial score (nSPS) is 14.5. The van der Waals surface area contributed by atoms with Gasteiger partial charge in [0.2, 0.25) is 0 Å². The lowest BCUT2D eigenvalue weighted by Crippen LogP contribution is -2.47. The number of anilines is 2. The first kappa shape index (κ1) is 16.4. The van der Waals surface area contributed by atoms with E-state index in [0.29, 0.717) is 5.56 Å². The Morgan fingerprint density at radius 1 is 0.808 bits per heavy atom. The number of carbonyl (C=O) groups excluding carboxylic acids is 1. The molecule has 0 unspecified atom stereocenters. The van der Waals surface area contributed by atoms with Crippen LogP contribution >= 0.6 is 0 Å². The van der Waals surface area contributed by atoms with Gasteiger partial charge in [-0.15, -0.1) is 0 Å². The van der Waals surface area contributed by atoms with Crippen LogP contribution in [-0.2, 0) is 0 Å². The molecule has 1 fully saturated rings. The Labute approximate surface area is 153 Å². The smallest absolute Gasteiger partial charge is 0.155 e. The lowest BCUT2D eigenvalue weighted by molar-refractivity contribution is 0.112. The Balaban J connectivity index is 1.63. The van der Waals surface area contributed by atoms with Crippen molar-refractivity contribution in [3.05, 3.63) is 71.9 Å². The Morgan fingerprint density at radius 3 is 1.92 bits per heavy atom. The second-order valence-electron chi connectivity index (χ2n) is 6.50. The maximum atomic E-state index is 11.7. The van der Waals surface area contributed by atoms with E-state index >= 15 is 0 Å². The van der Waals surface area contributed by atoms with E-state index in [1.54, 1.807) is 0 Å². The van der Waals surface area contributed by atoms with E-state index in [0.717, 1.165) is 49.7 Å². The van der Waals surface area contributed by atoms with Gasteiger partial charge < -0.3 is 9.80 Å². The lowest BCUT2D eigenvalue weighted by atomic mass is 10.2. The first-order chi connectivity index (χ1) is 12.8. The highest BCUT2D eigenvalue weighted by Crippen LogP contribution is 2.28. The van der Waals surface area contributed by atoms with Crippen LogP contribution in [-0.4, -0.2) is 42.2 Å². The topological polar surface area (TPSA) is 41.4 Å². The average Bonchev–Trinajstić information content (AvgIpc) is 3.05. The molecule has 5 nitrogen and oxygen atoms in total. The standard InChI is InChI=1S/C21H22N4O/c1-17-20(16-26)21(25(22-17)19-10-6-3-7-11-19)24-14-12-23(13-15-24)18-8-4-2-5-9-18/h2-11,16H,12-15H2,1H3. The van der Waals surface area contributed by atoms with Crippen molar-refractivity contribution >= 4 is 17.8 Å². The number of aryl methyl sites for hydroxylation is 1. The molecule has 26 heavy (non-hydrogen) atoms. The SMILES string of the molecule is Cc1nn(-c2ccccc2)c(N2CCN(c3ccccc3)CC2)c1C=O. The third-order valence-electron chi connectivity index (χ3n) is 4.90. The third-order valence-corrected chi connectivity index (χ3v) is 4.90. The molecule has 2 aromatic carbocycles. The van der Waals surface area contributed by atoms with Crippen LogP contribution in [0.25, 0.3) is 5.69 Å². The number of aldehydes is 1. The fraction of sp³-hybridized carbons (Fsp3) is 0.238. The van der Waals surface area contributed by atoms with E-state index in [1.807, 2.05) is 48.0 Å². The third kappa shape index (κ3) is 2.96. The Hall–Kier alpha value is -3.08. The van der Waals surface area contributed by atoms with Crippen molar-refractivity contribution in [1.82, 2.24) is 9.78 Å². The highest BCUT2D eigenvalue weighted by Gasteiger charge is 2.25. The summed E-state index contributed by atoms with van der Waals surface area (Å²) in [5.41, 5.74) is 3.67. The summed E-state index contributed by atoms with van der Waals surface area (Å²) in [6.07, 6.45) is 0.931. The zero-order chi connectivity index (χ0) is 17.9. The van der Waals surface area contributed by atoms with Gasteiger partial charge in [-0.3, -0.25) is 4.79 Å². The van der Waals surface area contributed by atoms with Crippen molar-refractivity contribution in [2.45, 2.75) is 6.92 Å². The molecular formula is C21H22N4O. The fourth-order valence-electron chi connectivity index (χ4n) is 3.53. The number of carbonyl (C=O) groups is 1. The van der Waals surface area contributed by atoms with E-state index in [4.69, 9.17) is 0 Å². The van der Waals surface area contributed by atoms with E-state index in [-0.39, 0.29) is 0 Å². The predicted molar refractivity (Wildman–Crippen MR) is 105 cm³/mol. The van der Waals surface area contributed by atoms with Gasteiger partial charge in [0.15, 0.2) is 6.29 Å². The zero-order valence-electron chi connectivity index (χ0n) is 14.9. The van der Waals surface area contributed by atoms with Gasteiger partial charge in [0.25, 0.3) is 0 Å². The molecule has 0 N–H and O–H groups in total. The molecule has 3 aromatic rings. The molecule has 0 atom stereocenters. The van der Waals surface area contributed by atoms with Gasteiger partial charge in [0, 0.05) is 31.9 Å². The van der Waals surface area contributed by atoms with Crippen LogP contribution in [0.2, 0.25) is 0 Å². The summed E-state index contributed by atoms with van der Waals surface area (Å²) in [6.45, 7) is 5.44. The van der Waals surface area contributed by atoms with Crippen molar-refractivity contribution in [2.24, 2.45) is 0 Å². The number of hydrogen-bond acceptors (Lipinski definition) is 4. The van der Waals surface area contributed by atoms with Gasteiger partial charge in [0.05, 0.1) is 16.9 Å². The molecule has 132 valence electrons. The zero-order valence-corrected chi connectivity index (χ0v) is 14.9. The first-order valence-electron chi connectivity index (χ1n) is 8.93. The average molecular weight is 346 g/mol. The number of rotatable bonds is 4. The van der Waals surface area contributed by atoms with E-state index in [2.05, 4.69) is 39.2 Å². The minimum atomic E-state index is 0.682. The molecular weight excluding hydrogens is 324 g/mol. The summed E-state index contributed by atoms with van der Waals surface area (Å²) in [6, 6.07) is 20.5. The second-order valence-corrected chi connectivity index (χ2v) is 6.50. The monoisotopic (exact) mass is 346 g/mol. The second kappa shape index (κ2) is 7.04. The molecule has 1 aromatic heterocycles. The predicted octanol–water partition coefficient (Wildman–Crippen LogP) is 3.32. The molecule has 0 radical (unpaired) electrons. The maximum absolute atomic E-state index is 11.7. The Bertz CT molecular complexity index is 881. The molecule has 4 rings (SSSR count). The molecule has 2 heterocycles. The van der Waals surface area contributed by atoms with Crippen LogP contribution < -0.4 is 9.80 Å². The van der Waals surface area contributed by atoms with E-state index < -0.39 is 0 Å². The van der Waals surface area contributed by atoms with Gasteiger partial charge in [-0.1, -0.05) is 36.4 Å². The van der Waals surface area contributed by atoms with Gasteiger partial charge in [-0.25, -0.2) is 4.68 Å². The molecule has 0 amide bonds.